The van der Waals surface area contributed by atoms with Gasteiger partial charge in [-0.05, 0) is 48.7 Å². The third kappa shape index (κ3) is 7.93. The molecule has 0 fully saturated rings. The second-order valence-corrected chi connectivity index (χ2v) is 9.76. The van der Waals surface area contributed by atoms with E-state index in [1.807, 2.05) is 98.8 Å². The van der Waals surface area contributed by atoms with Gasteiger partial charge >= 0.3 is 0 Å². The van der Waals surface area contributed by atoms with Gasteiger partial charge in [0, 0.05) is 28.9 Å². The minimum atomic E-state index is -0.616. The summed E-state index contributed by atoms with van der Waals surface area (Å²) in [4.78, 5) is 29.7. The van der Waals surface area contributed by atoms with E-state index in [2.05, 4.69) is 5.32 Å². The Balaban J connectivity index is 1.88. The van der Waals surface area contributed by atoms with Crippen LogP contribution in [-0.4, -0.2) is 34.6 Å². The molecule has 34 heavy (non-hydrogen) atoms. The molecular weight excluding hydrogens is 464 g/mol. The number of hydrogen-bond acceptors (Lipinski definition) is 3. The van der Waals surface area contributed by atoms with Crippen molar-refractivity contribution in [1.29, 1.82) is 0 Å². The van der Waals surface area contributed by atoms with Crippen LogP contribution in [0.25, 0.3) is 0 Å². The lowest BCUT2D eigenvalue weighted by molar-refractivity contribution is -0.139. The summed E-state index contributed by atoms with van der Waals surface area (Å²) in [5.41, 5.74) is 2.00. The van der Waals surface area contributed by atoms with Crippen LogP contribution in [0.15, 0.2) is 89.8 Å². The molecule has 3 rings (SSSR count). The van der Waals surface area contributed by atoms with Crippen LogP contribution in [0.1, 0.15) is 31.4 Å². The van der Waals surface area contributed by atoms with Crippen molar-refractivity contribution in [3.63, 3.8) is 0 Å². The van der Waals surface area contributed by atoms with E-state index in [0.717, 1.165) is 22.4 Å². The maximum absolute atomic E-state index is 13.6. The maximum atomic E-state index is 13.6. The van der Waals surface area contributed by atoms with Gasteiger partial charge in [-0.1, -0.05) is 79.2 Å². The number of thioether (sulfide) groups is 1. The minimum Gasteiger partial charge on any atom is -0.352 e. The van der Waals surface area contributed by atoms with Crippen LogP contribution in [0.2, 0.25) is 5.02 Å². The molecule has 0 aliphatic rings. The number of carbonyl (C=O) groups excluding carboxylic acids is 2. The first-order valence-corrected chi connectivity index (χ1v) is 12.9. The molecule has 0 saturated heterocycles. The van der Waals surface area contributed by atoms with Crippen molar-refractivity contribution in [2.75, 3.05) is 5.75 Å². The third-order valence-corrected chi connectivity index (χ3v) is 6.89. The average molecular weight is 495 g/mol. The first-order chi connectivity index (χ1) is 16.5. The molecule has 0 bridgehead atoms. The molecule has 0 aromatic heterocycles. The summed E-state index contributed by atoms with van der Waals surface area (Å²) in [7, 11) is 0. The van der Waals surface area contributed by atoms with Gasteiger partial charge in [0.05, 0.1) is 5.75 Å². The fourth-order valence-electron chi connectivity index (χ4n) is 3.53. The molecule has 3 aromatic rings. The zero-order chi connectivity index (χ0) is 24.3. The van der Waals surface area contributed by atoms with Gasteiger partial charge in [-0.25, -0.2) is 0 Å². The first-order valence-electron chi connectivity index (χ1n) is 11.5. The first kappa shape index (κ1) is 25.9. The number of carbonyl (C=O) groups is 2. The van der Waals surface area contributed by atoms with E-state index in [4.69, 9.17) is 11.6 Å². The predicted octanol–water partition coefficient (Wildman–Crippen LogP) is 5.99. The number of benzene rings is 3. The lowest BCUT2D eigenvalue weighted by Crippen LogP contribution is -2.52. The highest BCUT2D eigenvalue weighted by Crippen LogP contribution is 2.23. The molecule has 2 atom stereocenters. The Morgan fingerprint density at radius 3 is 2.09 bits per heavy atom. The molecule has 0 spiro atoms. The van der Waals surface area contributed by atoms with E-state index in [1.54, 1.807) is 4.90 Å². The molecule has 0 heterocycles. The summed E-state index contributed by atoms with van der Waals surface area (Å²) >= 11 is 7.44. The number of rotatable bonds is 11. The Labute approximate surface area is 211 Å². The van der Waals surface area contributed by atoms with Crippen LogP contribution >= 0.6 is 23.4 Å². The van der Waals surface area contributed by atoms with Gasteiger partial charge in [0.25, 0.3) is 0 Å². The normalized spacial score (nSPS) is 12.6. The molecular formula is C28H31ClN2O2S. The topological polar surface area (TPSA) is 49.4 Å². The predicted molar refractivity (Wildman–Crippen MR) is 141 cm³/mol. The van der Waals surface area contributed by atoms with Crippen molar-refractivity contribution in [2.45, 2.75) is 50.2 Å². The molecule has 3 aromatic carbocycles. The van der Waals surface area contributed by atoms with E-state index in [0.29, 0.717) is 18.0 Å². The minimum absolute atomic E-state index is 0.0305. The Morgan fingerprint density at radius 1 is 0.912 bits per heavy atom. The largest absolute Gasteiger partial charge is 0.352 e. The fourth-order valence-corrected chi connectivity index (χ4v) is 4.44. The SMILES string of the molecule is CC[C@@H](C)NC(=O)[C@H](Cc1ccccc1)N(Cc1ccccc1)C(=O)CSc1ccc(Cl)cc1. The van der Waals surface area contributed by atoms with Crippen LogP contribution < -0.4 is 5.32 Å². The Morgan fingerprint density at radius 2 is 1.50 bits per heavy atom. The van der Waals surface area contributed by atoms with Crippen molar-refractivity contribution in [3.8, 4) is 0 Å². The van der Waals surface area contributed by atoms with Gasteiger partial charge in [0.1, 0.15) is 6.04 Å². The van der Waals surface area contributed by atoms with Crippen molar-refractivity contribution in [2.24, 2.45) is 0 Å². The standard InChI is InChI=1S/C28H31ClN2O2S/c1-3-21(2)30-28(33)26(18-22-10-6-4-7-11-22)31(19-23-12-8-5-9-13-23)27(32)20-34-25-16-14-24(29)15-17-25/h4-17,21,26H,3,18-20H2,1-2H3,(H,30,33)/t21-,26+/m1/s1. The fraction of sp³-hybridized carbons (Fsp3) is 0.286. The summed E-state index contributed by atoms with van der Waals surface area (Å²) in [5, 5.41) is 3.76. The van der Waals surface area contributed by atoms with E-state index in [-0.39, 0.29) is 23.6 Å². The molecule has 0 aliphatic carbocycles. The van der Waals surface area contributed by atoms with E-state index < -0.39 is 6.04 Å². The quantitative estimate of drug-likeness (QED) is 0.333. The molecule has 6 heteroatoms. The van der Waals surface area contributed by atoms with Crippen molar-refractivity contribution < 1.29 is 9.59 Å². The van der Waals surface area contributed by atoms with Crippen molar-refractivity contribution in [1.82, 2.24) is 10.2 Å². The lowest BCUT2D eigenvalue weighted by Gasteiger charge is -2.32. The van der Waals surface area contributed by atoms with Crippen LogP contribution in [-0.2, 0) is 22.6 Å². The number of hydrogen-bond donors (Lipinski definition) is 1. The van der Waals surface area contributed by atoms with E-state index in [9.17, 15) is 9.59 Å². The monoisotopic (exact) mass is 494 g/mol. The number of nitrogens with zero attached hydrogens (tertiary/aromatic N) is 1. The highest BCUT2D eigenvalue weighted by atomic mass is 35.5. The van der Waals surface area contributed by atoms with Crippen molar-refractivity contribution >= 4 is 35.2 Å². The Bertz CT molecular complexity index is 1050. The molecule has 178 valence electrons. The van der Waals surface area contributed by atoms with Gasteiger partial charge in [0.15, 0.2) is 0 Å². The third-order valence-electron chi connectivity index (χ3n) is 5.64. The number of halogens is 1. The smallest absolute Gasteiger partial charge is 0.243 e. The molecule has 2 amide bonds. The van der Waals surface area contributed by atoms with Crippen molar-refractivity contribution in [3.05, 3.63) is 101 Å². The van der Waals surface area contributed by atoms with Crippen LogP contribution in [0, 0.1) is 0 Å². The van der Waals surface area contributed by atoms with E-state index >= 15 is 0 Å². The zero-order valence-electron chi connectivity index (χ0n) is 19.6. The maximum Gasteiger partial charge on any atom is 0.243 e. The zero-order valence-corrected chi connectivity index (χ0v) is 21.2. The summed E-state index contributed by atoms with van der Waals surface area (Å²) in [5.74, 6) is 0.0270. The second-order valence-electron chi connectivity index (χ2n) is 8.27. The number of amides is 2. The summed E-state index contributed by atoms with van der Waals surface area (Å²) in [6, 6.07) is 26.5. The molecule has 4 nitrogen and oxygen atoms in total. The average Bonchev–Trinajstić information content (AvgIpc) is 2.86. The van der Waals surface area contributed by atoms with Gasteiger partial charge in [-0.2, -0.15) is 0 Å². The van der Waals surface area contributed by atoms with Crippen LogP contribution in [0.3, 0.4) is 0 Å². The Hall–Kier alpha value is -2.76. The van der Waals surface area contributed by atoms with E-state index in [1.165, 1.54) is 11.8 Å². The van der Waals surface area contributed by atoms with Gasteiger partial charge in [-0.3, -0.25) is 9.59 Å². The Kier molecular flexibility index (Phi) is 10.0. The van der Waals surface area contributed by atoms with Crippen LogP contribution in [0.4, 0.5) is 0 Å². The van der Waals surface area contributed by atoms with Gasteiger partial charge < -0.3 is 10.2 Å². The molecule has 0 radical (unpaired) electrons. The second kappa shape index (κ2) is 13.2. The summed E-state index contributed by atoms with van der Waals surface area (Å²) < 4.78 is 0. The van der Waals surface area contributed by atoms with Crippen LogP contribution in [0.5, 0.6) is 0 Å². The number of nitrogens with one attached hydrogen (secondary N) is 1. The summed E-state index contributed by atoms with van der Waals surface area (Å²) in [6.07, 6.45) is 1.27. The summed E-state index contributed by atoms with van der Waals surface area (Å²) in [6.45, 7) is 4.39. The molecule has 1 N–H and O–H groups in total. The van der Waals surface area contributed by atoms with Gasteiger partial charge in [0.2, 0.25) is 11.8 Å². The molecule has 0 saturated carbocycles. The lowest BCUT2D eigenvalue weighted by atomic mass is 10.0. The highest BCUT2D eigenvalue weighted by molar-refractivity contribution is 8.00. The highest BCUT2D eigenvalue weighted by Gasteiger charge is 2.30. The molecule has 0 unspecified atom stereocenters. The van der Waals surface area contributed by atoms with Gasteiger partial charge in [-0.15, -0.1) is 11.8 Å². The molecule has 0 aliphatic heterocycles.